The number of terminal acetylenes is 1. The Kier molecular flexibility index (Phi) is 3.62. The lowest BCUT2D eigenvalue weighted by Gasteiger charge is -2.34. The molecule has 1 unspecified atom stereocenters. The lowest BCUT2D eigenvalue weighted by Crippen LogP contribution is -2.38. The lowest BCUT2D eigenvalue weighted by atomic mass is 9.82. The first-order valence-corrected chi connectivity index (χ1v) is 4.01. The highest BCUT2D eigenvalue weighted by Gasteiger charge is 2.25. The van der Waals surface area contributed by atoms with E-state index in [2.05, 4.69) is 45.7 Å². The van der Waals surface area contributed by atoms with E-state index in [9.17, 15) is 0 Å². The lowest BCUT2D eigenvalue weighted by molar-refractivity contribution is 0.156. The largest absolute Gasteiger partial charge is 0.306 e. The normalized spacial score (nSPS) is 14.6. The van der Waals surface area contributed by atoms with Gasteiger partial charge < -0.3 is 4.90 Å². The Morgan fingerprint density at radius 2 is 1.91 bits per heavy atom. The van der Waals surface area contributed by atoms with E-state index in [0.29, 0.717) is 6.04 Å². The highest BCUT2D eigenvalue weighted by molar-refractivity contribution is 4.94. The van der Waals surface area contributed by atoms with Gasteiger partial charge >= 0.3 is 0 Å². The third-order valence-electron chi connectivity index (χ3n) is 2.46. The molecule has 0 N–H and O–H groups in total. The van der Waals surface area contributed by atoms with Gasteiger partial charge in [-0.25, -0.2) is 0 Å². The van der Waals surface area contributed by atoms with E-state index in [1.165, 1.54) is 0 Å². The zero-order valence-corrected chi connectivity index (χ0v) is 8.31. The van der Waals surface area contributed by atoms with Gasteiger partial charge in [-0.05, 0) is 26.4 Å². The maximum Gasteiger partial charge on any atom is 0.0152 e. The fraction of sp³-hybridized carbons (Fsp3) is 0.800. The summed E-state index contributed by atoms with van der Waals surface area (Å²) >= 11 is 0. The van der Waals surface area contributed by atoms with Crippen molar-refractivity contribution in [2.45, 2.75) is 33.2 Å². The molecule has 0 heterocycles. The summed E-state index contributed by atoms with van der Waals surface area (Å²) in [4.78, 5) is 2.21. The van der Waals surface area contributed by atoms with Crippen LogP contribution in [-0.2, 0) is 0 Å². The van der Waals surface area contributed by atoms with Gasteiger partial charge in [0.2, 0.25) is 0 Å². The first-order chi connectivity index (χ1) is 4.91. The van der Waals surface area contributed by atoms with Crippen LogP contribution in [0.15, 0.2) is 0 Å². The van der Waals surface area contributed by atoms with Crippen LogP contribution in [0, 0.1) is 17.8 Å². The molecular formula is C10H19N. The van der Waals surface area contributed by atoms with Crippen LogP contribution >= 0.6 is 0 Å². The molecule has 0 aromatic rings. The third-order valence-corrected chi connectivity index (χ3v) is 2.46. The topological polar surface area (TPSA) is 3.24 Å². The molecule has 0 aliphatic heterocycles. The molecule has 1 heteroatoms. The Hall–Kier alpha value is -0.480. The molecule has 0 radical (unpaired) electrons. The molecule has 0 saturated heterocycles. The molecule has 0 aromatic carbocycles. The van der Waals surface area contributed by atoms with Crippen LogP contribution in [0.1, 0.15) is 27.2 Å². The number of nitrogens with zero attached hydrogens (tertiary/aromatic N) is 1. The number of hydrogen-bond donors (Lipinski definition) is 0. The molecule has 0 spiro atoms. The van der Waals surface area contributed by atoms with Gasteiger partial charge in [0.25, 0.3) is 0 Å². The third kappa shape index (κ3) is 2.95. The Morgan fingerprint density at radius 1 is 1.45 bits per heavy atom. The monoisotopic (exact) mass is 153 g/mol. The predicted molar refractivity (Wildman–Crippen MR) is 50.4 cm³/mol. The van der Waals surface area contributed by atoms with E-state index in [1.54, 1.807) is 0 Å². The SMILES string of the molecule is C#CCC(C)(C)C(C)N(C)C. The van der Waals surface area contributed by atoms with Crippen LogP contribution in [0.2, 0.25) is 0 Å². The summed E-state index contributed by atoms with van der Waals surface area (Å²) in [5.41, 5.74) is 0.220. The van der Waals surface area contributed by atoms with E-state index in [1.807, 2.05) is 0 Å². The van der Waals surface area contributed by atoms with E-state index in [-0.39, 0.29) is 5.41 Å². The summed E-state index contributed by atoms with van der Waals surface area (Å²) in [5.74, 6) is 2.72. The van der Waals surface area contributed by atoms with Crippen molar-refractivity contribution >= 4 is 0 Å². The second-order valence-electron chi connectivity index (χ2n) is 4.01. The van der Waals surface area contributed by atoms with Crippen molar-refractivity contribution in [1.29, 1.82) is 0 Å². The van der Waals surface area contributed by atoms with Crippen molar-refractivity contribution in [3.8, 4) is 12.3 Å². The van der Waals surface area contributed by atoms with Crippen molar-refractivity contribution in [3.63, 3.8) is 0 Å². The van der Waals surface area contributed by atoms with Crippen molar-refractivity contribution in [2.75, 3.05) is 14.1 Å². The average molecular weight is 153 g/mol. The van der Waals surface area contributed by atoms with Crippen LogP contribution in [0.25, 0.3) is 0 Å². The van der Waals surface area contributed by atoms with E-state index < -0.39 is 0 Å². The molecule has 0 aliphatic rings. The Morgan fingerprint density at radius 3 is 2.18 bits per heavy atom. The minimum atomic E-state index is 0.220. The van der Waals surface area contributed by atoms with Gasteiger partial charge in [0, 0.05) is 12.5 Å². The fourth-order valence-corrected chi connectivity index (χ4v) is 1.11. The van der Waals surface area contributed by atoms with Gasteiger partial charge in [0.05, 0.1) is 0 Å². The Labute approximate surface area is 70.8 Å². The van der Waals surface area contributed by atoms with Crippen molar-refractivity contribution in [3.05, 3.63) is 0 Å². The molecule has 0 saturated carbocycles. The second kappa shape index (κ2) is 3.78. The molecular weight excluding hydrogens is 134 g/mol. The molecule has 0 rings (SSSR count). The molecule has 0 bridgehead atoms. The van der Waals surface area contributed by atoms with Crippen molar-refractivity contribution < 1.29 is 0 Å². The van der Waals surface area contributed by atoms with Crippen LogP contribution < -0.4 is 0 Å². The number of hydrogen-bond acceptors (Lipinski definition) is 1. The zero-order chi connectivity index (χ0) is 9.07. The summed E-state index contributed by atoms with van der Waals surface area (Å²) in [6.45, 7) is 6.62. The van der Waals surface area contributed by atoms with Gasteiger partial charge in [-0.15, -0.1) is 12.3 Å². The van der Waals surface area contributed by atoms with Crippen molar-refractivity contribution in [1.82, 2.24) is 4.90 Å². The van der Waals surface area contributed by atoms with Crippen molar-refractivity contribution in [2.24, 2.45) is 5.41 Å². The minimum Gasteiger partial charge on any atom is -0.306 e. The molecule has 0 amide bonds. The number of rotatable bonds is 3. The molecule has 1 atom stereocenters. The molecule has 0 fully saturated rings. The summed E-state index contributed by atoms with van der Waals surface area (Å²) in [7, 11) is 4.17. The fourth-order valence-electron chi connectivity index (χ4n) is 1.11. The quantitative estimate of drug-likeness (QED) is 0.560. The summed E-state index contributed by atoms with van der Waals surface area (Å²) in [6.07, 6.45) is 6.12. The highest BCUT2D eigenvalue weighted by atomic mass is 15.1. The molecule has 1 nitrogen and oxygen atoms in total. The maximum absolute atomic E-state index is 5.28. The smallest absolute Gasteiger partial charge is 0.0152 e. The second-order valence-corrected chi connectivity index (χ2v) is 4.01. The highest BCUT2D eigenvalue weighted by Crippen LogP contribution is 2.26. The summed E-state index contributed by atoms with van der Waals surface area (Å²) in [5, 5.41) is 0. The molecule has 11 heavy (non-hydrogen) atoms. The first-order valence-electron chi connectivity index (χ1n) is 4.01. The standard InChI is InChI=1S/C10H19N/c1-7-8-10(3,4)9(2)11(5)6/h1,9H,8H2,2-6H3. The summed E-state index contributed by atoms with van der Waals surface area (Å²) < 4.78 is 0. The van der Waals surface area contributed by atoms with Crippen LogP contribution in [0.3, 0.4) is 0 Å². The minimum absolute atomic E-state index is 0.220. The van der Waals surface area contributed by atoms with Gasteiger partial charge in [-0.1, -0.05) is 13.8 Å². The average Bonchev–Trinajstić information content (AvgIpc) is 1.86. The van der Waals surface area contributed by atoms with Gasteiger partial charge in [0.15, 0.2) is 0 Å². The van der Waals surface area contributed by atoms with Gasteiger partial charge in [-0.3, -0.25) is 0 Å². The molecule has 0 aromatic heterocycles. The van der Waals surface area contributed by atoms with Crippen LogP contribution in [0.4, 0.5) is 0 Å². The van der Waals surface area contributed by atoms with E-state index in [0.717, 1.165) is 6.42 Å². The molecule has 64 valence electrons. The van der Waals surface area contributed by atoms with Crippen LogP contribution in [0.5, 0.6) is 0 Å². The first kappa shape index (κ1) is 10.5. The summed E-state index contributed by atoms with van der Waals surface area (Å²) in [6, 6.07) is 0.526. The Balaban J connectivity index is 4.19. The predicted octanol–water partition coefficient (Wildman–Crippen LogP) is 1.99. The Bertz CT molecular complexity index is 151. The van der Waals surface area contributed by atoms with E-state index >= 15 is 0 Å². The van der Waals surface area contributed by atoms with Gasteiger partial charge in [0.1, 0.15) is 0 Å². The van der Waals surface area contributed by atoms with E-state index in [4.69, 9.17) is 6.42 Å². The van der Waals surface area contributed by atoms with Crippen LogP contribution in [-0.4, -0.2) is 25.0 Å². The maximum atomic E-state index is 5.28. The zero-order valence-electron chi connectivity index (χ0n) is 8.31. The molecule has 0 aliphatic carbocycles. The van der Waals surface area contributed by atoms with Gasteiger partial charge in [-0.2, -0.15) is 0 Å².